The van der Waals surface area contributed by atoms with E-state index in [-0.39, 0.29) is 6.79 Å². The summed E-state index contributed by atoms with van der Waals surface area (Å²) >= 11 is 5.80. The summed E-state index contributed by atoms with van der Waals surface area (Å²) in [4.78, 5) is 28.4. The predicted molar refractivity (Wildman–Crippen MR) is 105 cm³/mol. The van der Waals surface area contributed by atoms with Crippen LogP contribution in [0.25, 0.3) is 0 Å². The Balaban J connectivity index is 1.36. The van der Waals surface area contributed by atoms with Crippen molar-refractivity contribution in [2.75, 3.05) is 20.0 Å². The number of amides is 1. The van der Waals surface area contributed by atoms with Crippen LogP contribution in [0.4, 0.5) is 0 Å². The summed E-state index contributed by atoms with van der Waals surface area (Å²) in [5.74, 6) is 0.170. The lowest BCUT2D eigenvalue weighted by molar-refractivity contribution is -0.152. The smallest absolute Gasteiger partial charge is 0.347 e. The van der Waals surface area contributed by atoms with Crippen LogP contribution in [0.1, 0.15) is 18.1 Å². The molecule has 0 saturated heterocycles. The van der Waals surface area contributed by atoms with Crippen molar-refractivity contribution in [2.24, 2.45) is 5.16 Å². The van der Waals surface area contributed by atoms with E-state index in [0.717, 1.165) is 11.1 Å². The Morgan fingerprint density at radius 3 is 2.66 bits per heavy atom. The first-order chi connectivity index (χ1) is 14.0. The van der Waals surface area contributed by atoms with E-state index in [1.807, 2.05) is 0 Å². The van der Waals surface area contributed by atoms with E-state index in [0.29, 0.717) is 28.8 Å². The summed E-state index contributed by atoms with van der Waals surface area (Å²) in [6.07, 6.45) is 0. The molecule has 0 aliphatic carbocycles. The maximum absolute atomic E-state index is 11.7. The molecule has 0 fully saturated rings. The summed E-state index contributed by atoms with van der Waals surface area (Å²) in [5, 5.41) is 7.13. The monoisotopic (exact) mass is 418 g/mol. The molecule has 0 radical (unpaired) electrons. The minimum absolute atomic E-state index is 0.185. The molecule has 0 atom stereocenters. The summed E-state index contributed by atoms with van der Waals surface area (Å²) in [6, 6.07) is 12.4. The summed E-state index contributed by atoms with van der Waals surface area (Å²) in [5.41, 5.74) is 2.20. The van der Waals surface area contributed by atoms with Crippen LogP contribution in [0, 0.1) is 0 Å². The van der Waals surface area contributed by atoms with Gasteiger partial charge in [0.1, 0.15) is 0 Å². The van der Waals surface area contributed by atoms with Crippen molar-refractivity contribution in [1.29, 1.82) is 0 Å². The maximum atomic E-state index is 11.7. The van der Waals surface area contributed by atoms with Crippen molar-refractivity contribution in [3.8, 4) is 11.5 Å². The van der Waals surface area contributed by atoms with Crippen molar-refractivity contribution in [2.45, 2.75) is 13.5 Å². The molecule has 3 rings (SSSR count). The third kappa shape index (κ3) is 6.11. The lowest BCUT2D eigenvalue weighted by atomic mass is 10.1. The summed E-state index contributed by atoms with van der Waals surface area (Å²) in [6.45, 7) is 1.41. The number of halogens is 1. The normalized spacial score (nSPS) is 12.4. The van der Waals surface area contributed by atoms with Gasteiger partial charge < -0.3 is 24.4 Å². The van der Waals surface area contributed by atoms with Crippen LogP contribution < -0.4 is 14.8 Å². The quantitative estimate of drug-likeness (QED) is 0.402. The summed E-state index contributed by atoms with van der Waals surface area (Å²) in [7, 11) is 0. The Bertz CT molecular complexity index is 914. The van der Waals surface area contributed by atoms with E-state index in [1.54, 1.807) is 49.4 Å². The Morgan fingerprint density at radius 2 is 1.86 bits per heavy atom. The van der Waals surface area contributed by atoms with Gasteiger partial charge in [-0.1, -0.05) is 28.9 Å². The maximum Gasteiger partial charge on any atom is 0.347 e. The van der Waals surface area contributed by atoms with Crippen LogP contribution in [-0.2, 0) is 25.7 Å². The molecule has 1 heterocycles. The average Bonchev–Trinajstić information content (AvgIpc) is 3.19. The zero-order valence-electron chi connectivity index (χ0n) is 15.6. The molecule has 0 spiro atoms. The van der Waals surface area contributed by atoms with E-state index in [9.17, 15) is 9.59 Å². The van der Waals surface area contributed by atoms with Crippen molar-refractivity contribution in [3.05, 3.63) is 58.6 Å². The number of ether oxygens (including phenoxy) is 3. The molecule has 8 nitrogen and oxygen atoms in total. The fourth-order valence-corrected chi connectivity index (χ4v) is 2.52. The highest BCUT2D eigenvalue weighted by Crippen LogP contribution is 2.32. The van der Waals surface area contributed by atoms with Crippen LogP contribution in [0.15, 0.2) is 47.6 Å². The van der Waals surface area contributed by atoms with Gasteiger partial charge >= 0.3 is 5.97 Å². The molecule has 1 amide bonds. The first-order valence-corrected chi connectivity index (χ1v) is 9.12. The highest BCUT2D eigenvalue weighted by Gasteiger charge is 2.14. The second-order valence-electron chi connectivity index (χ2n) is 6.08. The lowest BCUT2D eigenvalue weighted by Gasteiger charge is -2.07. The molecule has 0 saturated carbocycles. The van der Waals surface area contributed by atoms with Gasteiger partial charge in [0.15, 0.2) is 18.1 Å². The number of carbonyl (C=O) groups is 2. The van der Waals surface area contributed by atoms with E-state index < -0.39 is 25.1 Å². The van der Waals surface area contributed by atoms with Gasteiger partial charge in [0, 0.05) is 17.1 Å². The Labute approximate surface area is 172 Å². The molecule has 0 unspecified atom stereocenters. The zero-order chi connectivity index (χ0) is 20.6. The Morgan fingerprint density at radius 1 is 1.10 bits per heavy atom. The van der Waals surface area contributed by atoms with Gasteiger partial charge in [-0.25, -0.2) is 4.79 Å². The molecule has 2 aromatic carbocycles. The highest BCUT2D eigenvalue weighted by atomic mass is 35.5. The molecular formula is C20H19ClN2O6. The number of hydrogen-bond donors (Lipinski definition) is 1. The first kappa shape index (κ1) is 20.5. The van der Waals surface area contributed by atoms with Crippen LogP contribution in [0.3, 0.4) is 0 Å². The third-order valence-electron chi connectivity index (χ3n) is 3.94. The van der Waals surface area contributed by atoms with Gasteiger partial charge in [-0.3, -0.25) is 4.79 Å². The number of hydrogen-bond acceptors (Lipinski definition) is 7. The molecule has 1 aliphatic heterocycles. The van der Waals surface area contributed by atoms with Gasteiger partial charge in [-0.05, 0) is 42.8 Å². The third-order valence-corrected chi connectivity index (χ3v) is 4.19. The molecule has 152 valence electrons. The van der Waals surface area contributed by atoms with E-state index in [2.05, 4.69) is 10.5 Å². The second-order valence-corrected chi connectivity index (χ2v) is 6.52. The van der Waals surface area contributed by atoms with Crippen molar-refractivity contribution in [3.63, 3.8) is 0 Å². The van der Waals surface area contributed by atoms with Crippen molar-refractivity contribution < 1.29 is 28.6 Å². The first-order valence-electron chi connectivity index (χ1n) is 8.74. The van der Waals surface area contributed by atoms with Crippen LogP contribution in [0.2, 0.25) is 5.02 Å². The van der Waals surface area contributed by atoms with E-state index in [1.165, 1.54) is 0 Å². The number of oxime groups is 1. The van der Waals surface area contributed by atoms with E-state index >= 15 is 0 Å². The molecule has 1 N–H and O–H groups in total. The lowest BCUT2D eigenvalue weighted by Crippen LogP contribution is -2.29. The average molecular weight is 419 g/mol. The fraction of sp³-hybridized carbons (Fsp3) is 0.250. The summed E-state index contributed by atoms with van der Waals surface area (Å²) < 4.78 is 15.4. The molecule has 9 heteroatoms. The second kappa shape index (κ2) is 9.79. The van der Waals surface area contributed by atoms with Gasteiger partial charge in [0.2, 0.25) is 13.4 Å². The number of nitrogens with one attached hydrogen (secondary N) is 1. The van der Waals surface area contributed by atoms with E-state index in [4.69, 9.17) is 30.6 Å². The highest BCUT2D eigenvalue weighted by molar-refractivity contribution is 6.30. The minimum Gasteiger partial charge on any atom is -0.454 e. The van der Waals surface area contributed by atoms with Crippen molar-refractivity contribution in [1.82, 2.24) is 5.32 Å². The van der Waals surface area contributed by atoms with Gasteiger partial charge in [0.25, 0.3) is 5.91 Å². The number of nitrogens with zero attached hydrogens (tertiary/aromatic N) is 1. The number of fused-ring (bicyclic) bond motifs is 1. The number of benzene rings is 2. The van der Waals surface area contributed by atoms with Crippen LogP contribution in [-0.4, -0.2) is 37.6 Å². The predicted octanol–water partition coefficient (Wildman–Crippen LogP) is 2.67. The SMILES string of the molecule is C/C(=N/OCC(=O)OCC(=O)NCc1ccc(Cl)cc1)c1ccc2c(c1)OCO2. The minimum atomic E-state index is -0.700. The van der Waals surface area contributed by atoms with Crippen LogP contribution in [0.5, 0.6) is 11.5 Å². The largest absolute Gasteiger partial charge is 0.454 e. The number of esters is 1. The Hall–Kier alpha value is -3.26. The van der Waals surface area contributed by atoms with Gasteiger partial charge in [-0.15, -0.1) is 0 Å². The van der Waals surface area contributed by atoms with Gasteiger partial charge in [-0.2, -0.15) is 0 Å². The number of carbonyl (C=O) groups excluding carboxylic acids is 2. The molecule has 0 aromatic heterocycles. The van der Waals surface area contributed by atoms with Crippen LogP contribution >= 0.6 is 11.6 Å². The molecule has 29 heavy (non-hydrogen) atoms. The molecule has 2 aromatic rings. The molecule has 0 bridgehead atoms. The van der Waals surface area contributed by atoms with Gasteiger partial charge in [0.05, 0.1) is 5.71 Å². The molecule has 1 aliphatic rings. The molecular weight excluding hydrogens is 400 g/mol. The zero-order valence-corrected chi connectivity index (χ0v) is 16.4. The fourth-order valence-electron chi connectivity index (χ4n) is 2.40. The standard InChI is InChI=1S/C20H19ClN2O6/c1-13(15-4-7-17-18(8-15)28-12-27-17)23-29-11-20(25)26-10-19(24)22-9-14-2-5-16(21)6-3-14/h2-8H,9-12H2,1H3,(H,22,24)/b23-13-. The Kier molecular flexibility index (Phi) is 6.91. The topological polar surface area (TPSA) is 95.5 Å². The number of rotatable bonds is 8. The van der Waals surface area contributed by atoms with Crippen molar-refractivity contribution >= 4 is 29.2 Å².